The summed E-state index contributed by atoms with van der Waals surface area (Å²) in [4.78, 5) is 16.6. The first kappa shape index (κ1) is 18.1. The molecule has 1 aromatic heterocycles. The number of carbonyl (C=O) groups excluding carboxylic acids is 1. The van der Waals surface area contributed by atoms with Gasteiger partial charge in [0.25, 0.3) is 5.76 Å². The highest BCUT2D eigenvalue weighted by molar-refractivity contribution is 7.99. The predicted octanol–water partition coefficient (Wildman–Crippen LogP) is 3.85. The van der Waals surface area contributed by atoms with Crippen molar-refractivity contribution < 1.29 is 23.0 Å². The smallest absolute Gasteiger partial charge is 0.326 e. The molecule has 25 heavy (non-hydrogen) atoms. The monoisotopic (exact) mass is 370 g/mol. The maximum absolute atomic E-state index is 12.8. The molecule has 0 amide bonds. The van der Waals surface area contributed by atoms with Crippen LogP contribution < -0.4 is 0 Å². The van der Waals surface area contributed by atoms with Crippen LogP contribution in [0.2, 0.25) is 0 Å². The lowest BCUT2D eigenvalue weighted by Crippen LogP contribution is -2.36. The Hall–Kier alpha value is -1.67. The first-order chi connectivity index (χ1) is 12.1. The lowest BCUT2D eigenvalue weighted by molar-refractivity contribution is -0.160. The van der Waals surface area contributed by atoms with E-state index >= 15 is 0 Å². The molecule has 8 heteroatoms. The van der Waals surface area contributed by atoms with Crippen molar-refractivity contribution in [1.82, 2.24) is 9.55 Å². The van der Waals surface area contributed by atoms with Crippen molar-refractivity contribution in [2.24, 2.45) is 0 Å². The van der Waals surface area contributed by atoms with E-state index in [0.717, 1.165) is 25.7 Å². The molecule has 1 aliphatic carbocycles. The Labute approximate surface area is 148 Å². The van der Waals surface area contributed by atoms with Gasteiger partial charge < -0.3 is 14.0 Å². The van der Waals surface area contributed by atoms with E-state index in [-0.39, 0.29) is 23.9 Å². The number of hydrogen-bond acceptors (Lipinski definition) is 5. The van der Waals surface area contributed by atoms with Gasteiger partial charge >= 0.3 is 5.97 Å². The van der Waals surface area contributed by atoms with Gasteiger partial charge in [0.2, 0.25) is 0 Å². The van der Waals surface area contributed by atoms with Gasteiger partial charge in [-0.3, -0.25) is 4.79 Å². The number of nitrogens with zero attached hydrogens (tertiary/aromatic N) is 2. The van der Waals surface area contributed by atoms with Crippen molar-refractivity contribution >= 4 is 28.8 Å². The number of ether oxygens (including phenoxy) is 2. The molecule has 1 saturated carbocycles. The maximum atomic E-state index is 12.8. The summed E-state index contributed by atoms with van der Waals surface area (Å²) < 4.78 is 38.1. The van der Waals surface area contributed by atoms with Gasteiger partial charge in [0.05, 0.1) is 17.1 Å². The molecule has 2 aromatic rings. The van der Waals surface area contributed by atoms with Crippen molar-refractivity contribution in [3.8, 4) is 0 Å². The maximum Gasteiger partial charge on any atom is 0.326 e. The van der Waals surface area contributed by atoms with Crippen LogP contribution in [-0.4, -0.2) is 40.6 Å². The highest BCUT2D eigenvalue weighted by atomic mass is 32.2. The number of aromatic nitrogens is 2. The zero-order chi connectivity index (χ0) is 17.8. The van der Waals surface area contributed by atoms with Crippen LogP contribution in [0.15, 0.2) is 29.4 Å². The van der Waals surface area contributed by atoms with Crippen molar-refractivity contribution in [1.29, 1.82) is 0 Å². The third-order valence-electron chi connectivity index (χ3n) is 4.33. The number of para-hydroxylation sites is 2. The largest absolute Gasteiger partial charge is 0.458 e. The number of thioether (sulfide) groups is 1. The summed E-state index contributed by atoms with van der Waals surface area (Å²) in [6.07, 6.45) is 3.26. The SMILES string of the molecule is CO[C@H]1CCCC[C@H]1OC(=O)Cn1c(SC(F)F)nc2ccccc21. The molecule has 3 rings (SSSR count). The number of esters is 1. The quantitative estimate of drug-likeness (QED) is 0.571. The van der Waals surface area contributed by atoms with Gasteiger partial charge in [-0.25, -0.2) is 4.98 Å². The Morgan fingerprint density at radius 3 is 2.76 bits per heavy atom. The third-order valence-corrected chi connectivity index (χ3v) is 5.03. The predicted molar refractivity (Wildman–Crippen MR) is 90.7 cm³/mol. The van der Waals surface area contributed by atoms with Gasteiger partial charge in [-0.1, -0.05) is 18.6 Å². The van der Waals surface area contributed by atoms with Crippen LogP contribution in [0, 0.1) is 0 Å². The molecule has 1 aliphatic rings. The second-order valence-corrected chi connectivity index (χ2v) is 6.89. The molecule has 1 aromatic carbocycles. The lowest BCUT2D eigenvalue weighted by Gasteiger charge is -2.30. The molecule has 0 saturated heterocycles. The molecule has 0 radical (unpaired) electrons. The van der Waals surface area contributed by atoms with Gasteiger partial charge in [-0.2, -0.15) is 8.78 Å². The molecule has 0 spiro atoms. The van der Waals surface area contributed by atoms with E-state index < -0.39 is 11.7 Å². The van der Waals surface area contributed by atoms with E-state index in [1.165, 1.54) is 4.57 Å². The van der Waals surface area contributed by atoms with Gasteiger partial charge in [0.15, 0.2) is 5.16 Å². The number of alkyl halides is 2. The number of fused-ring (bicyclic) bond motifs is 1. The Morgan fingerprint density at radius 1 is 1.32 bits per heavy atom. The van der Waals surface area contributed by atoms with E-state index in [2.05, 4.69) is 4.98 Å². The van der Waals surface area contributed by atoms with E-state index in [1.807, 2.05) is 0 Å². The molecule has 5 nitrogen and oxygen atoms in total. The van der Waals surface area contributed by atoms with Crippen LogP contribution in [0.3, 0.4) is 0 Å². The molecule has 2 atom stereocenters. The molecule has 0 aliphatic heterocycles. The topological polar surface area (TPSA) is 53.4 Å². The zero-order valence-electron chi connectivity index (χ0n) is 13.9. The Morgan fingerprint density at radius 2 is 2.04 bits per heavy atom. The highest BCUT2D eigenvalue weighted by Crippen LogP contribution is 2.29. The van der Waals surface area contributed by atoms with E-state index in [1.54, 1.807) is 31.4 Å². The average Bonchev–Trinajstić information content (AvgIpc) is 2.92. The van der Waals surface area contributed by atoms with Gasteiger partial charge in [0.1, 0.15) is 12.6 Å². The summed E-state index contributed by atoms with van der Waals surface area (Å²) >= 11 is 0.330. The normalized spacial score (nSPS) is 21.0. The van der Waals surface area contributed by atoms with Crippen LogP contribution >= 0.6 is 11.8 Å². The third kappa shape index (κ3) is 4.30. The van der Waals surface area contributed by atoms with Crippen molar-refractivity contribution in [2.75, 3.05) is 7.11 Å². The minimum absolute atomic E-state index is 0.104. The second-order valence-electron chi connectivity index (χ2n) is 5.93. The molecule has 0 N–H and O–H groups in total. The molecule has 0 unspecified atom stereocenters. The number of benzene rings is 1. The van der Waals surface area contributed by atoms with E-state index in [9.17, 15) is 13.6 Å². The summed E-state index contributed by atoms with van der Waals surface area (Å²) in [5.74, 6) is -3.07. The standard InChI is InChI=1S/C17H20F2N2O3S/c1-23-13-8-4-5-9-14(13)24-15(22)10-21-12-7-3-2-6-11(12)20-17(21)25-16(18)19/h2-3,6-7,13-14,16H,4-5,8-10H2,1H3/t13-,14+/m0/s1. The minimum atomic E-state index is -2.61. The van der Waals surface area contributed by atoms with Crippen molar-refractivity contribution in [3.05, 3.63) is 24.3 Å². The molecular weight excluding hydrogens is 350 g/mol. The summed E-state index contributed by atoms with van der Waals surface area (Å²) in [6, 6.07) is 7.04. The number of rotatable bonds is 6. The lowest BCUT2D eigenvalue weighted by atomic mass is 9.94. The summed E-state index contributed by atoms with van der Waals surface area (Å²) in [7, 11) is 1.61. The Kier molecular flexibility index (Phi) is 5.90. The summed E-state index contributed by atoms with van der Waals surface area (Å²) in [5.41, 5.74) is 1.21. The zero-order valence-corrected chi connectivity index (χ0v) is 14.7. The molecular formula is C17H20F2N2O3S. The highest BCUT2D eigenvalue weighted by Gasteiger charge is 2.29. The average molecular weight is 370 g/mol. The van der Waals surface area contributed by atoms with Crippen LogP contribution in [0.5, 0.6) is 0 Å². The van der Waals surface area contributed by atoms with Crippen LogP contribution in [-0.2, 0) is 20.8 Å². The van der Waals surface area contributed by atoms with Crippen LogP contribution in [0.1, 0.15) is 25.7 Å². The van der Waals surface area contributed by atoms with Gasteiger partial charge in [0, 0.05) is 7.11 Å². The Bertz CT molecular complexity index is 738. The van der Waals surface area contributed by atoms with Crippen LogP contribution in [0.25, 0.3) is 11.0 Å². The van der Waals surface area contributed by atoms with Gasteiger partial charge in [-0.05, 0) is 43.2 Å². The Balaban J connectivity index is 1.78. The molecule has 1 fully saturated rings. The second kappa shape index (κ2) is 8.14. The summed E-state index contributed by atoms with van der Waals surface area (Å²) in [6.45, 7) is -0.150. The molecule has 0 bridgehead atoms. The fourth-order valence-corrected chi connectivity index (χ4v) is 3.78. The first-order valence-corrected chi connectivity index (χ1v) is 9.09. The first-order valence-electron chi connectivity index (χ1n) is 8.21. The van der Waals surface area contributed by atoms with Crippen LogP contribution in [0.4, 0.5) is 8.78 Å². The fourth-order valence-electron chi connectivity index (χ4n) is 3.18. The van der Waals surface area contributed by atoms with E-state index in [4.69, 9.17) is 9.47 Å². The molecule has 1 heterocycles. The van der Waals surface area contributed by atoms with Crippen molar-refractivity contribution in [2.45, 2.75) is 55.3 Å². The number of imidazole rings is 1. The fraction of sp³-hybridized carbons (Fsp3) is 0.529. The summed E-state index contributed by atoms with van der Waals surface area (Å²) in [5, 5.41) is 0.111. The number of methoxy groups -OCH3 is 1. The van der Waals surface area contributed by atoms with Crippen molar-refractivity contribution in [3.63, 3.8) is 0 Å². The number of carbonyl (C=O) groups is 1. The number of hydrogen-bond donors (Lipinski definition) is 0. The minimum Gasteiger partial charge on any atom is -0.458 e. The van der Waals surface area contributed by atoms with Gasteiger partial charge in [-0.15, -0.1) is 0 Å². The number of halogens is 2. The van der Waals surface area contributed by atoms with E-state index in [0.29, 0.717) is 22.8 Å². The molecule has 136 valence electrons.